The summed E-state index contributed by atoms with van der Waals surface area (Å²) in [5.74, 6) is 0.613. The van der Waals surface area contributed by atoms with Crippen LogP contribution in [0, 0.1) is 19.8 Å². The van der Waals surface area contributed by atoms with Gasteiger partial charge in [-0.1, -0.05) is 13.0 Å². The Labute approximate surface area is 127 Å². The fourth-order valence-electron chi connectivity index (χ4n) is 2.67. The Hall–Kier alpha value is -0.910. The average Bonchev–Trinajstić information content (AvgIpc) is 2.43. The van der Waals surface area contributed by atoms with Gasteiger partial charge in [0.1, 0.15) is 0 Å². The minimum atomic E-state index is -3.56. The molecule has 5 heteroatoms. The first-order chi connectivity index (χ1) is 9.72. The average molecular weight is 311 g/mol. The van der Waals surface area contributed by atoms with E-state index in [0.717, 1.165) is 24.0 Å². The summed E-state index contributed by atoms with van der Waals surface area (Å²) in [4.78, 5) is 0.262. The van der Waals surface area contributed by atoms with Crippen LogP contribution in [-0.2, 0) is 10.0 Å². The van der Waals surface area contributed by atoms with Crippen molar-refractivity contribution >= 4 is 10.0 Å². The Bertz CT molecular complexity index is 602. The third-order valence-electron chi connectivity index (χ3n) is 4.58. The molecule has 0 bridgehead atoms. The molecular formula is C16H25NO3S. The van der Waals surface area contributed by atoms with Crippen molar-refractivity contribution < 1.29 is 13.5 Å². The van der Waals surface area contributed by atoms with E-state index in [0.29, 0.717) is 18.8 Å². The van der Waals surface area contributed by atoms with E-state index in [2.05, 4.69) is 11.6 Å². The first-order valence-electron chi connectivity index (χ1n) is 7.51. The number of aliphatic hydroxyl groups is 1. The highest BCUT2D eigenvalue weighted by molar-refractivity contribution is 7.89. The second-order valence-electron chi connectivity index (χ2n) is 6.48. The minimum absolute atomic E-state index is 0.0922. The van der Waals surface area contributed by atoms with Gasteiger partial charge in [-0.3, -0.25) is 0 Å². The lowest BCUT2D eigenvalue weighted by Gasteiger charge is -2.34. The molecule has 1 aliphatic rings. The van der Waals surface area contributed by atoms with E-state index in [1.165, 1.54) is 0 Å². The van der Waals surface area contributed by atoms with E-state index in [1.807, 2.05) is 13.8 Å². The van der Waals surface area contributed by atoms with E-state index in [4.69, 9.17) is 0 Å². The standard InChI is InChI=1S/C16H25NO3S/c1-12-6-8-16(18,9-7-12)11-17-21(19,20)15-5-4-13(2)14(3)10-15/h4-5,10,12,17-18H,6-9,11H2,1-3H3. The fourth-order valence-corrected chi connectivity index (χ4v) is 3.87. The second-order valence-corrected chi connectivity index (χ2v) is 8.24. The molecule has 1 saturated carbocycles. The van der Waals surface area contributed by atoms with Crippen molar-refractivity contribution in [3.05, 3.63) is 29.3 Å². The highest BCUT2D eigenvalue weighted by Gasteiger charge is 2.33. The Balaban J connectivity index is 2.06. The van der Waals surface area contributed by atoms with Gasteiger partial charge in [-0.15, -0.1) is 0 Å². The number of sulfonamides is 1. The maximum absolute atomic E-state index is 12.3. The lowest BCUT2D eigenvalue weighted by molar-refractivity contribution is -0.00182. The number of nitrogens with one attached hydrogen (secondary N) is 1. The predicted octanol–water partition coefficient (Wildman–Crippen LogP) is 2.52. The normalized spacial score (nSPS) is 26.8. The zero-order valence-corrected chi connectivity index (χ0v) is 13.8. The van der Waals surface area contributed by atoms with Crippen LogP contribution in [0.2, 0.25) is 0 Å². The Morgan fingerprint density at radius 2 is 1.86 bits per heavy atom. The van der Waals surface area contributed by atoms with Crippen molar-refractivity contribution in [1.29, 1.82) is 0 Å². The molecular weight excluding hydrogens is 286 g/mol. The summed E-state index contributed by atoms with van der Waals surface area (Å²) in [6, 6.07) is 5.09. The molecule has 0 radical (unpaired) electrons. The lowest BCUT2D eigenvalue weighted by atomic mass is 9.80. The summed E-state index contributed by atoms with van der Waals surface area (Å²) < 4.78 is 27.2. The molecule has 0 amide bonds. The number of hydrogen-bond donors (Lipinski definition) is 2. The van der Waals surface area contributed by atoms with E-state index in [-0.39, 0.29) is 11.4 Å². The van der Waals surface area contributed by atoms with Crippen LogP contribution in [-0.4, -0.2) is 25.7 Å². The molecule has 1 aromatic carbocycles. The van der Waals surface area contributed by atoms with Gasteiger partial charge in [-0.05, 0) is 68.7 Å². The quantitative estimate of drug-likeness (QED) is 0.898. The van der Waals surface area contributed by atoms with E-state index >= 15 is 0 Å². The summed E-state index contributed by atoms with van der Waals surface area (Å²) in [7, 11) is -3.56. The Kier molecular flexibility index (Phi) is 4.76. The van der Waals surface area contributed by atoms with Gasteiger partial charge in [0.2, 0.25) is 10.0 Å². The highest BCUT2D eigenvalue weighted by atomic mass is 32.2. The van der Waals surface area contributed by atoms with Crippen molar-refractivity contribution in [1.82, 2.24) is 4.72 Å². The molecule has 1 aromatic rings. The van der Waals surface area contributed by atoms with Gasteiger partial charge in [0.05, 0.1) is 10.5 Å². The molecule has 4 nitrogen and oxygen atoms in total. The van der Waals surface area contributed by atoms with Crippen molar-refractivity contribution in [3.63, 3.8) is 0 Å². The molecule has 2 N–H and O–H groups in total. The van der Waals surface area contributed by atoms with Crippen molar-refractivity contribution in [3.8, 4) is 0 Å². The molecule has 118 valence electrons. The zero-order chi connectivity index (χ0) is 15.7. The number of rotatable bonds is 4. The van der Waals surface area contributed by atoms with Gasteiger partial charge in [-0.2, -0.15) is 0 Å². The van der Waals surface area contributed by atoms with Crippen molar-refractivity contribution in [2.75, 3.05) is 6.54 Å². The minimum Gasteiger partial charge on any atom is -0.389 e. The van der Waals surface area contributed by atoms with Crippen LogP contribution in [0.5, 0.6) is 0 Å². The Morgan fingerprint density at radius 1 is 1.24 bits per heavy atom. The number of aryl methyl sites for hydroxylation is 2. The summed E-state index contributed by atoms with van der Waals surface area (Å²) in [5, 5.41) is 10.5. The molecule has 21 heavy (non-hydrogen) atoms. The highest BCUT2D eigenvalue weighted by Crippen LogP contribution is 2.31. The van der Waals surface area contributed by atoms with Crippen LogP contribution in [0.3, 0.4) is 0 Å². The first-order valence-corrected chi connectivity index (χ1v) is 8.99. The van der Waals surface area contributed by atoms with E-state index in [1.54, 1.807) is 18.2 Å². The monoisotopic (exact) mass is 311 g/mol. The molecule has 0 aliphatic heterocycles. The number of hydrogen-bond acceptors (Lipinski definition) is 3. The van der Waals surface area contributed by atoms with Crippen LogP contribution in [0.15, 0.2) is 23.1 Å². The van der Waals surface area contributed by atoms with Gasteiger partial charge >= 0.3 is 0 Å². The second kappa shape index (κ2) is 6.07. The summed E-state index contributed by atoms with van der Waals surface area (Å²) >= 11 is 0. The summed E-state index contributed by atoms with van der Waals surface area (Å²) in [6.45, 7) is 6.10. The van der Waals surface area contributed by atoms with Gasteiger partial charge < -0.3 is 5.11 Å². The van der Waals surface area contributed by atoms with Crippen LogP contribution < -0.4 is 4.72 Å². The lowest BCUT2D eigenvalue weighted by Crippen LogP contribution is -2.45. The molecule has 0 spiro atoms. The van der Waals surface area contributed by atoms with Crippen LogP contribution >= 0.6 is 0 Å². The predicted molar refractivity (Wildman–Crippen MR) is 83.7 cm³/mol. The summed E-state index contributed by atoms with van der Waals surface area (Å²) in [5.41, 5.74) is 1.11. The molecule has 0 aromatic heterocycles. The smallest absolute Gasteiger partial charge is 0.240 e. The third kappa shape index (κ3) is 4.05. The van der Waals surface area contributed by atoms with Gasteiger partial charge in [0, 0.05) is 6.54 Å². The zero-order valence-electron chi connectivity index (χ0n) is 13.0. The Morgan fingerprint density at radius 3 is 2.43 bits per heavy atom. The van der Waals surface area contributed by atoms with Crippen molar-refractivity contribution in [2.45, 2.75) is 57.0 Å². The maximum atomic E-state index is 12.3. The van der Waals surface area contributed by atoms with E-state index < -0.39 is 15.6 Å². The first kappa shape index (κ1) is 16.5. The molecule has 1 fully saturated rings. The SMILES string of the molecule is Cc1ccc(S(=O)(=O)NCC2(O)CCC(C)CC2)cc1C. The van der Waals surface area contributed by atoms with Crippen molar-refractivity contribution in [2.24, 2.45) is 5.92 Å². The number of benzene rings is 1. The van der Waals surface area contributed by atoms with Gasteiger partial charge in [0.25, 0.3) is 0 Å². The molecule has 0 unspecified atom stereocenters. The largest absolute Gasteiger partial charge is 0.389 e. The molecule has 2 rings (SSSR count). The molecule has 0 atom stereocenters. The third-order valence-corrected chi connectivity index (χ3v) is 5.98. The maximum Gasteiger partial charge on any atom is 0.240 e. The van der Waals surface area contributed by atoms with Crippen LogP contribution in [0.4, 0.5) is 0 Å². The van der Waals surface area contributed by atoms with Gasteiger partial charge in [-0.25, -0.2) is 13.1 Å². The molecule has 0 heterocycles. The topological polar surface area (TPSA) is 66.4 Å². The molecule has 0 saturated heterocycles. The van der Waals surface area contributed by atoms with Crippen LogP contribution in [0.25, 0.3) is 0 Å². The van der Waals surface area contributed by atoms with E-state index in [9.17, 15) is 13.5 Å². The van der Waals surface area contributed by atoms with Gasteiger partial charge in [0.15, 0.2) is 0 Å². The fraction of sp³-hybridized carbons (Fsp3) is 0.625. The van der Waals surface area contributed by atoms with Crippen LogP contribution in [0.1, 0.15) is 43.7 Å². The molecule has 1 aliphatic carbocycles. The summed E-state index contributed by atoms with van der Waals surface area (Å²) in [6.07, 6.45) is 3.21.